The Morgan fingerprint density at radius 1 is 1.48 bits per heavy atom. The lowest BCUT2D eigenvalue weighted by molar-refractivity contribution is -0.867. The fourth-order valence-electron chi connectivity index (χ4n) is 2.55. The summed E-state index contributed by atoms with van der Waals surface area (Å²) in [5.74, 6) is -0.746. The first-order valence-corrected chi connectivity index (χ1v) is 8.97. The molecule has 0 radical (unpaired) electrons. The molecule has 2 saturated heterocycles. The molecule has 0 aromatic carbocycles. The molecule has 1 N–H and O–H groups in total. The van der Waals surface area contributed by atoms with Gasteiger partial charge in [-0.3, -0.25) is 4.79 Å². The average Bonchev–Trinajstić information content (AvgIpc) is 2.70. The number of aliphatic hydroxyl groups is 1. The van der Waals surface area contributed by atoms with Crippen molar-refractivity contribution >= 4 is 35.4 Å². The van der Waals surface area contributed by atoms with Crippen molar-refractivity contribution in [3.05, 3.63) is 0 Å². The number of rotatable bonds is 7. The maximum absolute atomic E-state index is 12.0. The van der Waals surface area contributed by atoms with Crippen LogP contribution in [0.15, 0.2) is 0 Å². The first-order valence-electron chi connectivity index (χ1n) is 6.97. The van der Waals surface area contributed by atoms with Gasteiger partial charge < -0.3 is 24.4 Å². The molecule has 0 spiro atoms. The second-order valence-corrected chi connectivity index (χ2v) is 9.22. The molecule has 2 fully saturated rings. The van der Waals surface area contributed by atoms with Gasteiger partial charge in [0.15, 0.2) is 0 Å². The molecule has 2 aliphatic heterocycles. The highest BCUT2D eigenvalue weighted by molar-refractivity contribution is 8.17. The number of carbonyl (C=O) groups excluding carboxylic acids is 2. The largest absolute Gasteiger partial charge is 0.548 e. The summed E-state index contributed by atoms with van der Waals surface area (Å²) < 4.78 is 0.638. The number of quaternary nitrogens is 1. The number of carboxylic acid groups (broad SMARTS) is 1. The van der Waals surface area contributed by atoms with Crippen LogP contribution in [-0.4, -0.2) is 82.4 Å². The van der Waals surface area contributed by atoms with Crippen molar-refractivity contribution < 1.29 is 24.3 Å². The average molecular weight is 334 g/mol. The van der Waals surface area contributed by atoms with Crippen molar-refractivity contribution in [1.29, 1.82) is 0 Å². The molecule has 120 valence electrons. The highest BCUT2D eigenvalue weighted by Gasteiger charge is 2.58. The minimum atomic E-state index is -1.18. The van der Waals surface area contributed by atoms with Crippen LogP contribution in [0, 0.1) is 5.92 Å². The number of β-lactam (4-membered cyclic amide) rings is 1. The van der Waals surface area contributed by atoms with Crippen LogP contribution in [0.2, 0.25) is 0 Å². The number of carbonyl (C=O) groups is 2. The van der Waals surface area contributed by atoms with E-state index < -0.39 is 12.0 Å². The van der Waals surface area contributed by atoms with Gasteiger partial charge in [0.25, 0.3) is 0 Å². The standard InChI is InChI=1S/C13H22N2O4S2/c1-15(2,3)5-7-20-13-9(12(18)19)14-10(17)8(4-6-16)11(14)21-13/h8-9,11,13,16H,4-7H2,1-3H3/t8-,9?,11?,13?/m0/s1. The summed E-state index contributed by atoms with van der Waals surface area (Å²) >= 11 is 3.12. The summed E-state index contributed by atoms with van der Waals surface area (Å²) in [5.41, 5.74) is 0. The molecule has 0 bridgehead atoms. The number of carboxylic acids is 1. The Kier molecular flexibility index (Phi) is 5.12. The van der Waals surface area contributed by atoms with E-state index in [1.54, 1.807) is 11.8 Å². The van der Waals surface area contributed by atoms with Gasteiger partial charge >= 0.3 is 0 Å². The number of hydrogen-bond donors (Lipinski definition) is 1. The van der Waals surface area contributed by atoms with Crippen molar-refractivity contribution in [3.8, 4) is 0 Å². The summed E-state index contributed by atoms with van der Waals surface area (Å²) in [6.07, 6.45) is 0.406. The normalized spacial score (nSPS) is 32.0. The number of amides is 1. The fourth-order valence-corrected chi connectivity index (χ4v) is 6.28. The quantitative estimate of drug-likeness (QED) is 0.465. The van der Waals surface area contributed by atoms with Gasteiger partial charge in [0.1, 0.15) is 0 Å². The topological polar surface area (TPSA) is 80.7 Å². The molecule has 4 atom stereocenters. The lowest BCUT2D eigenvalue weighted by Gasteiger charge is -2.44. The van der Waals surface area contributed by atoms with E-state index in [4.69, 9.17) is 5.11 Å². The minimum absolute atomic E-state index is 0.0450. The third-order valence-electron chi connectivity index (χ3n) is 3.75. The number of aliphatic carboxylic acids is 1. The van der Waals surface area contributed by atoms with Crippen LogP contribution in [0.1, 0.15) is 6.42 Å². The third kappa shape index (κ3) is 3.49. The van der Waals surface area contributed by atoms with E-state index >= 15 is 0 Å². The highest BCUT2D eigenvalue weighted by Crippen LogP contribution is 2.51. The smallest absolute Gasteiger partial charge is 0.230 e. The second kappa shape index (κ2) is 6.36. The minimum Gasteiger partial charge on any atom is -0.548 e. The summed E-state index contributed by atoms with van der Waals surface area (Å²) in [4.78, 5) is 24.8. The number of aliphatic hydroxyl groups excluding tert-OH is 1. The lowest BCUT2D eigenvalue weighted by atomic mass is 9.93. The molecule has 8 heteroatoms. The molecule has 1 amide bonds. The molecule has 3 unspecified atom stereocenters. The molecule has 2 aliphatic rings. The molecule has 2 heterocycles. The van der Waals surface area contributed by atoms with Crippen LogP contribution < -0.4 is 5.11 Å². The zero-order valence-electron chi connectivity index (χ0n) is 12.5. The highest BCUT2D eigenvalue weighted by atomic mass is 32.2. The monoisotopic (exact) mass is 334 g/mol. The van der Waals surface area contributed by atoms with Gasteiger partial charge in [0, 0.05) is 12.4 Å². The molecular formula is C13H22N2O4S2. The van der Waals surface area contributed by atoms with Crippen LogP contribution in [0.25, 0.3) is 0 Å². The Morgan fingerprint density at radius 2 is 2.14 bits per heavy atom. The van der Waals surface area contributed by atoms with Crippen LogP contribution in [0.4, 0.5) is 0 Å². The van der Waals surface area contributed by atoms with Crippen LogP contribution in [0.3, 0.4) is 0 Å². The van der Waals surface area contributed by atoms with E-state index in [9.17, 15) is 14.7 Å². The maximum Gasteiger partial charge on any atom is 0.230 e. The van der Waals surface area contributed by atoms with Gasteiger partial charge in [-0.05, 0) is 6.42 Å². The van der Waals surface area contributed by atoms with Crippen molar-refractivity contribution in [2.75, 3.05) is 40.0 Å². The van der Waals surface area contributed by atoms with E-state index in [-0.39, 0.29) is 28.4 Å². The summed E-state index contributed by atoms with van der Waals surface area (Å²) in [6, 6.07) is -0.847. The SMILES string of the molecule is C[N+](C)(C)CCSC1SC2[C@@H](CCO)C(=O)N2C1C(=O)[O-]. The zero-order chi connectivity index (χ0) is 15.8. The van der Waals surface area contributed by atoms with E-state index in [0.29, 0.717) is 6.42 Å². The van der Waals surface area contributed by atoms with Crippen LogP contribution in [0.5, 0.6) is 0 Å². The van der Waals surface area contributed by atoms with Crippen LogP contribution in [-0.2, 0) is 9.59 Å². The Balaban J connectivity index is 1.98. The Morgan fingerprint density at radius 3 is 2.67 bits per heavy atom. The van der Waals surface area contributed by atoms with E-state index in [2.05, 4.69) is 21.1 Å². The van der Waals surface area contributed by atoms with Crippen LogP contribution >= 0.6 is 23.5 Å². The van der Waals surface area contributed by atoms with E-state index in [1.165, 1.54) is 16.7 Å². The van der Waals surface area contributed by atoms with Gasteiger partial charge in [-0.25, -0.2) is 0 Å². The number of fused-ring (bicyclic) bond motifs is 1. The van der Waals surface area contributed by atoms with Gasteiger partial charge in [0.05, 0.1) is 55.6 Å². The van der Waals surface area contributed by atoms with Gasteiger partial charge in [0.2, 0.25) is 5.91 Å². The Labute approximate surface area is 133 Å². The van der Waals surface area contributed by atoms with Gasteiger partial charge in [-0.1, -0.05) is 0 Å². The molecule has 0 saturated carbocycles. The Hall–Kier alpha value is -0.440. The third-order valence-corrected chi connectivity index (χ3v) is 6.85. The predicted octanol–water partition coefficient (Wildman–Crippen LogP) is -1.22. The molecule has 0 aliphatic carbocycles. The number of thioether (sulfide) groups is 2. The summed E-state index contributed by atoms with van der Waals surface area (Å²) in [7, 11) is 6.27. The Bertz CT molecular complexity index is 427. The first-order chi connectivity index (χ1) is 9.76. The molecule has 0 aromatic heterocycles. The van der Waals surface area contributed by atoms with Gasteiger partial charge in [-0.15, -0.1) is 23.5 Å². The predicted molar refractivity (Wildman–Crippen MR) is 81.4 cm³/mol. The van der Waals surface area contributed by atoms with Crippen molar-refractivity contribution in [2.24, 2.45) is 5.92 Å². The van der Waals surface area contributed by atoms with Gasteiger partial charge in [-0.2, -0.15) is 0 Å². The zero-order valence-corrected chi connectivity index (χ0v) is 14.2. The van der Waals surface area contributed by atoms with Crippen molar-refractivity contribution in [2.45, 2.75) is 22.4 Å². The second-order valence-electron chi connectivity index (χ2n) is 6.41. The summed E-state index contributed by atoms with van der Waals surface area (Å²) in [5, 5.41) is 20.3. The fraction of sp³-hybridized carbons (Fsp3) is 0.846. The molecule has 21 heavy (non-hydrogen) atoms. The first kappa shape index (κ1) is 16.9. The molecular weight excluding hydrogens is 312 g/mol. The molecule has 2 rings (SSSR count). The van der Waals surface area contributed by atoms with E-state index in [1.807, 2.05) is 0 Å². The lowest BCUT2D eigenvalue weighted by Crippen LogP contribution is -2.63. The molecule has 6 nitrogen and oxygen atoms in total. The number of hydrogen-bond acceptors (Lipinski definition) is 6. The van der Waals surface area contributed by atoms with E-state index in [0.717, 1.165) is 16.8 Å². The maximum atomic E-state index is 12.0. The van der Waals surface area contributed by atoms with Crippen molar-refractivity contribution in [3.63, 3.8) is 0 Å². The molecule has 0 aromatic rings. The summed E-state index contributed by atoms with van der Waals surface area (Å²) in [6.45, 7) is 0.886. The van der Waals surface area contributed by atoms with Crippen molar-refractivity contribution in [1.82, 2.24) is 4.90 Å². The number of nitrogens with zero attached hydrogens (tertiary/aromatic N) is 2.